The molecule has 0 radical (unpaired) electrons. The average Bonchev–Trinajstić information content (AvgIpc) is 2.64. The Hall–Kier alpha value is -2.17. The summed E-state index contributed by atoms with van der Waals surface area (Å²) in [5.74, 6) is -0.145. The zero-order valence-corrected chi connectivity index (χ0v) is 9.24. The predicted octanol–water partition coefficient (Wildman–Crippen LogP) is 2.30. The van der Waals surface area contributed by atoms with Crippen LogP contribution in [0.1, 0.15) is 11.5 Å². The topological polar surface area (TPSA) is 55.1 Å². The Morgan fingerprint density at radius 2 is 2.35 bits per heavy atom. The summed E-state index contributed by atoms with van der Waals surface area (Å²) in [5.41, 5.74) is 1.10. The van der Waals surface area contributed by atoms with Crippen LogP contribution in [0.25, 0.3) is 0 Å². The molecule has 2 rings (SSSR count). The first-order valence-electron chi connectivity index (χ1n) is 5.09. The molecule has 1 N–H and O–H groups in total. The number of carbonyl (C=O) groups excluding carboxylic acids is 1. The molecule has 0 aliphatic heterocycles. The Balaban J connectivity index is 2.01. The highest BCUT2D eigenvalue weighted by atomic mass is 19.1. The second-order valence-corrected chi connectivity index (χ2v) is 3.60. The first-order chi connectivity index (χ1) is 8.15. The molecule has 0 atom stereocenters. The number of rotatable bonds is 3. The van der Waals surface area contributed by atoms with Crippen LogP contribution in [0.2, 0.25) is 0 Å². The van der Waals surface area contributed by atoms with Crippen LogP contribution < -0.4 is 5.32 Å². The third-order valence-electron chi connectivity index (χ3n) is 2.27. The van der Waals surface area contributed by atoms with Crippen molar-refractivity contribution in [3.63, 3.8) is 0 Å². The monoisotopic (exact) mass is 234 g/mol. The largest absolute Gasteiger partial charge is 0.448 e. The maximum atomic E-state index is 12.9. The van der Waals surface area contributed by atoms with Gasteiger partial charge in [-0.2, -0.15) is 0 Å². The van der Waals surface area contributed by atoms with E-state index in [2.05, 4.69) is 10.3 Å². The predicted molar refractivity (Wildman–Crippen MR) is 60.0 cm³/mol. The number of benzene rings is 1. The molecule has 0 spiro atoms. The maximum Gasteiger partial charge on any atom is 0.232 e. The molecule has 0 unspecified atom stereocenters. The quantitative estimate of drug-likeness (QED) is 0.886. The molecule has 1 aromatic carbocycles. The van der Waals surface area contributed by atoms with Crippen LogP contribution in [0, 0.1) is 12.7 Å². The van der Waals surface area contributed by atoms with E-state index >= 15 is 0 Å². The third-order valence-corrected chi connectivity index (χ3v) is 2.27. The number of aryl methyl sites for hydroxylation is 1. The van der Waals surface area contributed by atoms with E-state index < -0.39 is 5.82 Å². The van der Waals surface area contributed by atoms with Crippen molar-refractivity contribution in [2.24, 2.45) is 0 Å². The van der Waals surface area contributed by atoms with E-state index in [0.29, 0.717) is 17.1 Å². The number of amides is 1. The lowest BCUT2D eigenvalue weighted by atomic mass is 10.2. The lowest BCUT2D eigenvalue weighted by Gasteiger charge is -2.03. The highest BCUT2D eigenvalue weighted by Gasteiger charge is 2.10. The van der Waals surface area contributed by atoms with E-state index in [1.54, 1.807) is 13.0 Å². The minimum Gasteiger partial charge on any atom is -0.448 e. The van der Waals surface area contributed by atoms with Gasteiger partial charge in [0.15, 0.2) is 6.39 Å². The number of aromatic nitrogens is 1. The van der Waals surface area contributed by atoms with Crippen LogP contribution in [0.4, 0.5) is 10.1 Å². The Labute approximate surface area is 97.5 Å². The summed E-state index contributed by atoms with van der Waals surface area (Å²) < 4.78 is 17.9. The van der Waals surface area contributed by atoms with Crippen molar-refractivity contribution in [1.82, 2.24) is 4.98 Å². The third kappa shape index (κ3) is 2.90. The average molecular weight is 234 g/mol. The van der Waals surface area contributed by atoms with Gasteiger partial charge in [0.05, 0.1) is 12.1 Å². The molecule has 88 valence electrons. The lowest BCUT2D eigenvalue weighted by Crippen LogP contribution is -2.14. The highest BCUT2D eigenvalue weighted by Crippen LogP contribution is 2.11. The molecule has 5 heteroatoms. The standard InChI is InChI=1S/C12H11FN2O2/c1-8-11(17-7-14-8)6-12(16)15-10-4-2-3-9(13)5-10/h2-5,7H,6H2,1H3,(H,15,16). The van der Waals surface area contributed by atoms with Gasteiger partial charge in [0, 0.05) is 5.69 Å². The first kappa shape index (κ1) is 11.3. The zero-order valence-electron chi connectivity index (χ0n) is 9.24. The van der Waals surface area contributed by atoms with Crippen LogP contribution in [-0.4, -0.2) is 10.9 Å². The van der Waals surface area contributed by atoms with E-state index in [1.165, 1.54) is 24.6 Å². The Bertz CT molecular complexity index is 537. The SMILES string of the molecule is Cc1ncoc1CC(=O)Nc1cccc(F)c1. The van der Waals surface area contributed by atoms with Gasteiger partial charge in [-0.1, -0.05) is 6.07 Å². The zero-order chi connectivity index (χ0) is 12.3. The van der Waals surface area contributed by atoms with Crippen LogP contribution in [0.3, 0.4) is 0 Å². The molecule has 1 heterocycles. The fourth-order valence-corrected chi connectivity index (χ4v) is 1.41. The van der Waals surface area contributed by atoms with Crippen molar-refractivity contribution < 1.29 is 13.6 Å². The second kappa shape index (κ2) is 4.78. The molecule has 0 aliphatic carbocycles. The Kier molecular flexibility index (Phi) is 3.18. The van der Waals surface area contributed by atoms with Crippen molar-refractivity contribution >= 4 is 11.6 Å². The van der Waals surface area contributed by atoms with Gasteiger partial charge in [0.2, 0.25) is 5.91 Å². The summed E-state index contributed by atoms with van der Waals surface area (Å²) in [6, 6.07) is 5.72. The number of hydrogen-bond donors (Lipinski definition) is 1. The fraction of sp³-hybridized carbons (Fsp3) is 0.167. The number of hydrogen-bond acceptors (Lipinski definition) is 3. The van der Waals surface area contributed by atoms with Crippen molar-refractivity contribution in [3.05, 3.63) is 47.9 Å². The van der Waals surface area contributed by atoms with Gasteiger partial charge in [-0.05, 0) is 25.1 Å². The normalized spacial score (nSPS) is 10.2. The Morgan fingerprint density at radius 3 is 3.00 bits per heavy atom. The second-order valence-electron chi connectivity index (χ2n) is 3.60. The molecule has 1 amide bonds. The van der Waals surface area contributed by atoms with Crippen LogP contribution in [0.15, 0.2) is 35.1 Å². The molecule has 0 aliphatic rings. The van der Waals surface area contributed by atoms with E-state index in [-0.39, 0.29) is 12.3 Å². The van der Waals surface area contributed by atoms with Gasteiger partial charge in [0.25, 0.3) is 0 Å². The molecule has 0 bridgehead atoms. The summed E-state index contributed by atoms with van der Waals surface area (Å²) in [6.45, 7) is 1.76. The van der Waals surface area contributed by atoms with Crippen LogP contribution in [-0.2, 0) is 11.2 Å². The molecule has 2 aromatic rings. The van der Waals surface area contributed by atoms with Crippen molar-refractivity contribution in [1.29, 1.82) is 0 Å². The van der Waals surface area contributed by atoms with Crippen molar-refractivity contribution in [3.8, 4) is 0 Å². The molecular formula is C12H11FN2O2. The number of nitrogens with one attached hydrogen (secondary N) is 1. The molecule has 0 saturated carbocycles. The number of carbonyl (C=O) groups is 1. The molecule has 0 saturated heterocycles. The number of halogens is 1. The van der Waals surface area contributed by atoms with E-state index in [9.17, 15) is 9.18 Å². The Morgan fingerprint density at radius 1 is 1.53 bits per heavy atom. The lowest BCUT2D eigenvalue weighted by molar-refractivity contribution is -0.115. The molecule has 0 fully saturated rings. The van der Waals surface area contributed by atoms with Crippen LogP contribution in [0.5, 0.6) is 0 Å². The van der Waals surface area contributed by atoms with Gasteiger partial charge >= 0.3 is 0 Å². The van der Waals surface area contributed by atoms with Gasteiger partial charge in [-0.3, -0.25) is 4.79 Å². The molecule has 1 aromatic heterocycles. The minimum atomic E-state index is -0.390. The van der Waals surface area contributed by atoms with E-state index in [1.807, 2.05) is 0 Å². The first-order valence-corrected chi connectivity index (χ1v) is 5.09. The molecule has 4 nitrogen and oxygen atoms in total. The van der Waals surface area contributed by atoms with Gasteiger partial charge in [-0.25, -0.2) is 9.37 Å². The number of oxazole rings is 1. The number of anilines is 1. The van der Waals surface area contributed by atoms with Gasteiger partial charge in [-0.15, -0.1) is 0 Å². The van der Waals surface area contributed by atoms with E-state index in [0.717, 1.165) is 0 Å². The summed E-state index contributed by atoms with van der Waals surface area (Å²) in [6.07, 6.45) is 1.38. The molecule has 17 heavy (non-hydrogen) atoms. The summed E-state index contributed by atoms with van der Waals surface area (Å²) in [4.78, 5) is 15.5. The van der Waals surface area contributed by atoms with Crippen LogP contribution >= 0.6 is 0 Å². The van der Waals surface area contributed by atoms with Crippen molar-refractivity contribution in [2.75, 3.05) is 5.32 Å². The summed E-state index contributed by atoms with van der Waals surface area (Å²) >= 11 is 0. The van der Waals surface area contributed by atoms with Gasteiger partial charge in [0.1, 0.15) is 11.6 Å². The maximum absolute atomic E-state index is 12.9. The fourth-order valence-electron chi connectivity index (χ4n) is 1.41. The summed E-state index contributed by atoms with van der Waals surface area (Å²) in [5, 5.41) is 2.58. The molecular weight excluding hydrogens is 223 g/mol. The highest BCUT2D eigenvalue weighted by molar-refractivity contribution is 5.91. The van der Waals surface area contributed by atoms with E-state index in [4.69, 9.17) is 4.42 Å². The smallest absolute Gasteiger partial charge is 0.232 e. The minimum absolute atomic E-state index is 0.0857. The van der Waals surface area contributed by atoms with Crippen molar-refractivity contribution in [2.45, 2.75) is 13.3 Å². The van der Waals surface area contributed by atoms with Gasteiger partial charge < -0.3 is 9.73 Å². The number of nitrogens with zero attached hydrogens (tertiary/aromatic N) is 1. The summed E-state index contributed by atoms with van der Waals surface area (Å²) in [7, 11) is 0.